The van der Waals surface area contributed by atoms with Crippen LogP contribution in [-0.4, -0.2) is 309 Å². The largest absolute Gasteiger partial charge is 0.479 e. The topological polar surface area (TPSA) is 602 Å². The summed E-state index contributed by atoms with van der Waals surface area (Å²) in [6.45, 7) is 57.4. The normalized spacial score (nSPS) is 35.7. The lowest BCUT2D eigenvalue weighted by Crippen LogP contribution is -2.64. The van der Waals surface area contributed by atoms with Crippen LogP contribution >= 0.6 is 0 Å². The Balaban J connectivity index is 0. The second kappa shape index (κ2) is 56.6. The zero-order valence-corrected chi connectivity index (χ0v) is 82.8. The molecule has 24 N–H and O–H groups in total. The highest BCUT2D eigenvalue weighted by Crippen LogP contribution is 2.45. The zero-order valence-electron chi connectivity index (χ0n) is 82.8. The van der Waals surface area contributed by atoms with Gasteiger partial charge in [0.25, 0.3) is 11.8 Å². The van der Waals surface area contributed by atoms with Crippen molar-refractivity contribution in [2.75, 3.05) is 53.6 Å². The molecule has 0 aromatic heterocycles. The van der Waals surface area contributed by atoms with Gasteiger partial charge in [0.1, 0.15) is 53.9 Å². The van der Waals surface area contributed by atoms with Crippen molar-refractivity contribution in [3.8, 4) is 0 Å². The van der Waals surface area contributed by atoms with Crippen molar-refractivity contribution in [1.29, 1.82) is 0 Å². The number of carbonyl (C=O) groups excluding carboxylic acids is 4. The van der Waals surface area contributed by atoms with Crippen LogP contribution in [0.15, 0.2) is 0 Å². The summed E-state index contributed by atoms with van der Waals surface area (Å²) in [7, 11) is 2.88. The molecule has 6 heterocycles. The first-order valence-electron chi connectivity index (χ1n) is 46.0. The lowest BCUT2D eigenvalue weighted by Gasteiger charge is -2.48. The van der Waals surface area contributed by atoms with Crippen LogP contribution in [0.4, 0.5) is 0 Å². The van der Waals surface area contributed by atoms with E-state index in [0.717, 1.165) is 32.2 Å². The third-order valence-corrected chi connectivity index (χ3v) is 27.2. The lowest BCUT2D eigenvalue weighted by molar-refractivity contribution is -0.232. The molecular formula is C92H180N6O29. The Kier molecular flexibility index (Phi) is 55.5. The fourth-order valence-corrected chi connectivity index (χ4v) is 16.6. The van der Waals surface area contributed by atoms with Crippen LogP contribution in [0.1, 0.15) is 259 Å². The van der Waals surface area contributed by atoms with Crippen molar-refractivity contribution in [3.63, 3.8) is 0 Å². The monoisotopic (exact) mass is 1830 g/mol. The number of methoxy groups -OCH3 is 1. The number of carboxylic acids is 3. The van der Waals surface area contributed by atoms with Gasteiger partial charge in [0.05, 0.1) is 87.8 Å². The van der Waals surface area contributed by atoms with Crippen LogP contribution in [0.25, 0.3) is 0 Å². The van der Waals surface area contributed by atoms with Crippen molar-refractivity contribution in [2.24, 2.45) is 112 Å². The van der Waals surface area contributed by atoms with E-state index in [1.807, 2.05) is 20.8 Å². The summed E-state index contributed by atoms with van der Waals surface area (Å²) in [5.41, 5.74) is 8.03. The van der Waals surface area contributed by atoms with Crippen molar-refractivity contribution in [1.82, 2.24) is 16.0 Å². The number of ether oxygens (including phenoxy) is 7. The summed E-state index contributed by atoms with van der Waals surface area (Å²) in [5.74, 6) is 0.928. The van der Waals surface area contributed by atoms with Crippen LogP contribution in [0.3, 0.4) is 0 Å². The van der Waals surface area contributed by atoms with E-state index in [1.165, 1.54) is 34.9 Å². The molecule has 6 saturated heterocycles. The zero-order chi connectivity index (χ0) is 99.8. The van der Waals surface area contributed by atoms with Crippen LogP contribution < -0.4 is 33.2 Å². The maximum absolute atomic E-state index is 12.6. The first kappa shape index (κ1) is 124. The number of nitrogens with one attached hydrogen (secondary N) is 3. The lowest BCUT2D eigenvalue weighted by atomic mass is 9.72. The van der Waals surface area contributed by atoms with Gasteiger partial charge in [-0.1, -0.05) is 172 Å². The standard InChI is InChI=1S/C19H37NO2.C17H31NO4.C15H29NO6.C15H28O3.C11H20O7.C10H19NO7.C4H11N.CH5N/c1-9-13(4)15(6)17-16(7)14(5)10-19(8,22-17)18(21)20-11-12(2)3;1-8-10(2)12(4)15-14(18-13(5)19)11(3)9-17(6,22-15)16(20)21-7;1-8(2)6-16-14(21)15(4)5-10(18)9(3)13(22-15)12(20)11(19)7-17;1-7-9(2)11(4)13-12(5)10(3)8-15(6,18-13)14(16)17;1-5-6(13)3-11(2,10(16)17)18-9(5)8(15)7(14)4-12;1-10(9(16)17)2-4(13)6(11)8(18-10)7(15)5(14)3-12;1-4(2)3-5;1-2/h12-17H,9-11H2,1-8H3,(H,20,21);10-12,14-15H,8-9H2,1-7H3,(H,18,19);8-13,17-20H,5-7H2,1-4H3,(H,16,21);9-13H,7-8H2,1-6H3,(H,16,17);5-9,12-15H,3-4H2,1-2H3,(H,16,17);4-8,12-15H,2-3,11H2,1H3,(H,16,17);4H,3,5H2,1-2H3;2H2,1H3/t13-,14?,15-,16?,17?,19?;10-,11?,12-,14?,15?,17?;;9-,10?,11-,12?,13?,15?;;;;/m11.1..../s1. The SMILES string of the molecule is CC(C)CN.CC(C)CNC(=O)C1(C)CC(O)C(C)C(C(O)C(O)CO)O1.CC1(C(=O)O)CC(O)C(N)C(C(O)C(O)CO)O1.CC1C(O)CC(C)(C(=O)O)OC1C(O)C(O)CO.CC[C@@H](C)[C@@H](C)C1OC(C)(C(=O)NCC(C)C)CC(C)C1C.CC[C@@H](C)[C@@H](C)C1OC(C)(C(=O)O)CC(C)C1C.CC[C@@H](C)[C@@H](C)C1OC(C)(C(=O)OC)CC(C)C1NC(C)=O.CN. The van der Waals surface area contributed by atoms with Crippen molar-refractivity contribution in [3.05, 3.63) is 0 Å². The molecule has 0 spiro atoms. The van der Waals surface area contributed by atoms with E-state index >= 15 is 0 Å². The second-order valence-electron chi connectivity index (χ2n) is 39.7. The molecule has 6 rings (SSSR count). The smallest absolute Gasteiger partial charge is 0.337 e. The summed E-state index contributed by atoms with van der Waals surface area (Å²) in [5, 5.41) is 150. The molecule has 0 bridgehead atoms. The Hall–Kier alpha value is -4.55. The molecule has 6 fully saturated rings. The number of aliphatic hydroxyl groups excluding tert-OH is 12. The highest BCUT2D eigenvalue weighted by atomic mass is 16.6. The summed E-state index contributed by atoms with van der Waals surface area (Å²) in [6, 6.07) is -1.13. The van der Waals surface area contributed by atoms with Gasteiger partial charge in [-0.25, -0.2) is 19.2 Å². The van der Waals surface area contributed by atoms with E-state index in [-0.39, 0.29) is 85.1 Å². The first-order chi connectivity index (χ1) is 58.3. The Labute approximate surface area is 758 Å². The molecule has 0 radical (unpaired) electrons. The average molecular weight is 1830 g/mol. The first-order valence-corrected chi connectivity index (χ1v) is 46.0. The van der Waals surface area contributed by atoms with E-state index in [0.29, 0.717) is 91.0 Å². The highest BCUT2D eigenvalue weighted by Gasteiger charge is 2.56. The molecule has 6 aliphatic heterocycles. The number of rotatable bonds is 30. The molecule has 0 saturated carbocycles. The van der Waals surface area contributed by atoms with Gasteiger partial charge < -0.3 is 143 Å². The van der Waals surface area contributed by atoms with Gasteiger partial charge in [0.2, 0.25) is 5.91 Å². The number of carboxylic acid groups (broad SMARTS) is 3. The summed E-state index contributed by atoms with van der Waals surface area (Å²) in [4.78, 5) is 82.3. The summed E-state index contributed by atoms with van der Waals surface area (Å²) < 4.78 is 39.8. The van der Waals surface area contributed by atoms with Gasteiger partial charge in [0, 0.05) is 51.1 Å². The van der Waals surface area contributed by atoms with E-state index in [9.17, 15) is 84.6 Å². The van der Waals surface area contributed by atoms with Crippen LogP contribution in [0, 0.1) is 94.7 Å². The number of carbonyl (C=O) groups is 7. The number of aliphatic hydroxyl groups is 12. The van der Waals surface area contributed by atoms with Gasteiger partial charge >= 0.3 is 23.9 Å². The van der Waals surface area contributed by atoms with Gasteiger partial charge in [-0.05, 0) is 157 Å². The number of hydrogen-bond donors (Lipinski definition) is 21. The minimum Gasteiger partial charge on any atom is -0.479 e. The number of hydrogen-bond acceptors (Lipinski definition) is 29. The minimum absolute atomic E-state index is 0.0461. The molecular weight excluding hydrogens is 1650 g/mol. The van der Waals surface area contributed by atoms with Gasteiger partial charge in [-0.2, -0.15) is 0 Å². The van der Waals surface area contributed by atoms with Crippen molar-refractivity contribution >= 4 is 41.6 Å². The molecule has 0 aromatic carbocycles. The summed E-state index contributed by atoms with van der Waals surface area (Å²) in [6.07, 6.45) is -10.1. The third-order valence-electron chi connectivity index (χ3n) is 27.2. The fourth-order valence-electron chi connectivity index (χ4n) is 16.6. The molecule has 35 nitrogen and oxygen atoms in total. The minimum atomic E-state index is -1.70. The Morgan fingerprint density at radius 3 is 0.992 bits per heavy atom. The number of nitrogens with two attached hydrogens (primary N) is 3. The van der Waals surface area contributed by atoms with Gasteiger partial charge in [-0.3, -0.25) is 14.4 Å². The van der Waals surface area contributed by atoms with Crippen molar-refractivity contribution in [2.45, 2.75) is 396 Å². The van der Waals surface area contributed by atoms with E-state index in [2.05, 4.69) is 146 Å². The highest BCUT2D eigenvalue weighted by molar-refractivity contribution is 5.85. The summed E-state index contributed by atoms with van der Waals surface area (Å²) >= 11 is 0. The number of aliphatic carboxylic acids is 3. The van der Waals surface area contributed by atoms with Crippen LogP contribution in [0.5, 0.6) is 0 Å². The average Bonchev–Trinajstić information content (AvgIpc) is 0.803. The molecule has 36 atom stereocenters. The maximum Gasteiger partial charge on any atom is 0.337 e. The van der Waals surface area contributed by atoms with Gasteiger partial charge in [-0.15, -0.1) is 0 Å². The predicted octanol–water partition coefficient (Wildman–Crippen LogP) is 4.91. The van der Waals surface area contributed by atoms with Crippen LogP contribution in [0.2, 0.25) is 0 Å². The molecule has 0 aliphatic carbocycles. The van der Waals surface area contributed by atoms with Gasteiger partial charge in [0.15, 0.2) is 22.4 Å². The molecule has 127 heavy (non-hydrogen) atoms. The molecule has 6 aliphatic rings. The van der Waals surface area contributed by atoms with E-state index in [4.69, 9.17) is 70.2 Å². The molecule has 0 aromatic rings. The molecule has 3 amide bonds. The number of amides is 3. The number of esters is 1. The fraction of sp³-hybridized carbons (Fsp3) is 0.924. The Bertz CT molecular complexity index is 2980. The quantitative estimate of drug-likeness (QED) is 0.0425. The van der Waals surface area contributed by atoms with Crippen molar-refractivity contribution < 1.29 is 143 Å². The molecule has 30 unspecified atom stereocenters. The maximum atomic E-state index is 12.6. The predicted molar refractivity (Wildman–Crippen MR) is 483 cm³/mol. The Morgan fingerprint density at radius 1 is 0.409 bits per heavy atom. The van der Waals surface area contributed by atoms with E-state index in [1.54, 1.807) is 34.6 Å². The molecule has 752 valence electrons. The van der Waals surface area contributed by atoms with E-state index < -0.39 is 162 Å². The third kappa shape index (κ3) is 36.6. The second-order valence-corrected chi connectivity index (χ2v) is 39.7. The Morgan fingerprint density at radius 2 is 0.677 bits per heavy atom. The molecule has 35 heteroatoms. The van der Waals surface area contributed by atoms with Crippen LogP contribution in [-0.2, 0) is 66.7 Å².